The highest BCUT2D eigenvalue weighted by molar-refractivity contribution is 6.03. The molecule has 5 rings (SSSR count). The van der Waals surface area contributed by atoms with Gasteiger partial charge in [0.15, 0.2) is 0 Å². The van der Waals surface area contributed by atoms with Crippen LogP contribution >= 0.6 is 0 Å². The van der Waals surface area contributed by atoms with E-state index in [1.165, 1.54) is 5.56 Å². The Bertz CT molecular complexity index is 1490. The van der Waals surface area contributed by atoms with Crippen LogP contribution in [0.2, 0.25) is 0 Å². The summed E-state index contributed by atoms with van der Waals surface area (Å²) in [6.45, 7) is 4.98. The summed E-state index contributed by atoms with van der Waals surface area (Å²) in [5, 5.41) is 1.04. The normalized spacial score (nSPS) is 11.2. The summed E-state index contributed by atoms with van der Waals surface area (Å²) in [7, 11) is 0. The molecule has 0 atom stereocenters. The lowest BCUT2D eigenvalue weighted by atomic mass is 10.1. The molecule has 33 heavy (non-hydrogen) atoms. The first-order valence-electron chi connectivity index (χ1n) is 11.2. The zero-order valence-corrected chi connectivity index (χ0v) is 18.8. The highest BCUT2D eigenvalue weighted by atomic mass is 15.1. The van der Waals surface area contributed by atoms with Gasteiger partial charge in [-0.3, -0.25) is 14.5 Å². The first-order valence-corrected chi connectivity index (χ1v) is 11.2. The molecule has 0 fully saturated rings. The minimum atomic E-state index is 0.254. The van der Waals surface area contributed by atoms with Crippen molar-refractivity contribution in [2.24, 2.45) is 5.73 Å². The molecular weight excluding hydrogens is 406 g/mol. The lowest BCUT2D eigenvalue weighted by Crippen LogP contribution is -2.05. The van der Waals surface area contributed by atoms with Crippen LogP contribution in [0.25, 0.3) is 27.6 Å². The van der Waals surface area contributed by atoms with E-state index in [0.29, 0.717) is 6.54 Å². The summed E-state index contributed by atoms with van der Waals surface area (Å²) in [6, 6.07) is 18.6. The summed E-state index contributed by atoms with van der Waals surface area (Å²) in [4.78, 5) is 13.8. The number of hydrogen-bond acceptors (Lipinski definition) is 4. The van der Waals surface area contributed by atoms with Crippen LogP contribution in [0.4, 0.5) is 0 Å². The highest BCUT2D eigenvalue weighted by Gasteiger charge is 2.18. The minimum Gasteiger partial charge on any atom is -0.330 e. The molecule has 0 radical (unpaired) electrons. The monoisotopic (exact) mass is 431 g/mol. The van der Waals surface area contributed by atoms with Gasteiger partial charge in [0, 0.05) is 40.5 Å². The molecule has 2 aromatic carbocycles. The Morgan fingerprint density at radius 3 is 2.48 bits per heavy atom. The van der Waals surface area contributed by atoms with Crippen molar-refractivity contribution in [1.29, 1.82) is 0 Å². The van der Waals surface area contributed by atoms with E-state index in [2.05, 4.69) is 70.6 Å². The van der Waals surface area contributed by atoms with Gasteiger partial charge < -0.3 is 5.73 Å². The number of nitrogens with zero attached hydrogens (tertiary/aromatic N) is 4. The average molecular weight is 432 g/mol. The van der Waals surface area contributed by atoms with Gasteiger partial charge in [-0.15, -0.1) is 0 Å². The summed E-state index contributed by atoms with van der Waals surface area (Å²) in [6.07, 6.45) is 6.25. The van der Waals surface area contributed by atoms with E-state index < -0.39 is 0 Å². The van der Waals surface area contributed by atoms with Crippen LogP contribution in [0, 0.1) is 11.8 Å². The molecule has 5 nitrogen and oxygen atoms in total. The van der Waals surface area contributed by atoms with Gasteiger partial charge in [-0.25, -0.2) is 4.98 Å². The van der Waals surface area contributed by atoms with Crippen molar-refractivity contribution < 1.29 is 0 Å². The molecule has 5 heteroatoms. The number of benzene rings is 2. The molecule has 162 valence electrons. The summed E-state index contributed by atoms with van der Waals surface area (Å²) >= 11 is 0. The summed E-state index contributed by atoms with van der Waals surface area (Å²) in [5.74, 6) is 7.73. The molecule has 0 amide bonds. The smallest absolute Gasteiger partial charge is 0.117 e. The molecule has 0 aliphatic heterocycles. The molecular formula is C28H25N5. The average Bonchev–Trinajstić information content (AvgIpc) is 3.25. The Hall–Kier alpha value is -4.01. The predicted octanol–water partition coefficient (Wildman–Crippen LogP) is 4.99. The quantitative estimate of drug-likeness (QED) is 0.407. The van der Waals surface area contributed by atoms with Crippen LogP contribution in [0.5, 0.6) is 0 Å². The summed E-state index contributed by atoms with van der Waals surface area (Å²) < 4.78 is 2.26. The maximum absolute atomic E-state index is 5.73. The molecule has 0 bridgehead atoms. The highest BCUT2D eigenvalue weighted by Crippen LogP contribution is 2.31. The first-order chi connectivity index (χ1) is 16.1. The number of rotatable bonds is 4. The minimum absolute atomic E-state index is 0.254. The fraction of sp³-hybridized carbons (Fsp3) is 0.179. The number of hydrogen-bond donors (Lipinski definition) is 1. The van der Waals surface area contributed by atoms with Crippen LogP contribution in [-0.4, -0.2) is 26.1 Å². The first kappa shape index (κ1) is 20.9. The lowest BCUT2D eigenvalue weighted by molar-refractivity contribution is 0.760. The maximum atomic E-state index is 5.73. The van der Waals surface area contributed by atoms with Crippen LogP contribution < -0.4 is 5.73 Å². The van der Waals surface area contributed by atoms with Gasteiger partial charge in [-0.05, 0) is 61.0 Å². The van der Waals surface area contributed by atoms with Crippen molar-refractivity contribution in [3.05, 3.63) is 95.7 Å². The molecule has 0 spiro atoms. The number of nitrogens with two attached hydrogens (primary N) is 1. The van der Waals surface area contributed by atoms with Crippen LogP contribution in [0.3, 0.4) is 0 Å². The van der Waals surface area contributed by atoms with Crippen molar-refractivity contribution in [3.63, 3.8) is 0 Å². The SMILES string of the molecule is CC(C)c1nc2cnc3ccc(C#Cc4cccnc4)cc3c2n1-c1ccc(CCN)cc1. The van der Waals surface area contributed by atoms with Gasteiger partial charge in [0.25, 0.3) is 0 Å². The van der Waals surface area contributed by atoms with Gasteiger partial charge in [0.2, 0.25) is 0 Å². The van der Waals surface area contributed by atoms with Crippen molar-refractivity contribution in [1.82, 2.24) is 19.5 Å². The second kappa shape index (κ2) is 8.85. The van der Waals surface area contributed by atoms with Crippen molar-refractivity contribution in [3.8, 4) is 17.5 Å². The molecule has 5 aromatic rings. The van der Waals surface area contributed by atoms with E-state index in [-0.39, 0.29) is 5.92 Å². The van der Waals surface area contributed by atoms with E-state index in [0.717, 1.165) is 51.0 Å². The second-order valence-electron chi connectivity index (χ2n) is 8.38. The third-order valence-electron chi connectivity index (χ3n) is 5.66. The van der Waals surface area contributed by atoms with Crippen LogP contribution in [0.1, 0.15) is 42.3 Å². The topological polar surface area (TPSA) is 69.6 Å². The van der Waals surface area contributed by atoms with Crippen molar-refractivity contribution in [2.45, 2.75) is 26.2 Å². The molecule has 0 aliphatic carbocycles. The zero-order chi connectivity index (χ0) is 22.8. The molecule has 3 heterocycles. The molecule has 0 saturated heterocycles. The second-order valence-corrected chi connectivity index (χ2v) is 8.38. The van der Waals surface area contributed by atoms with Crippen LogP contribution in [0.15, 0.2) is 73.2 Å². The Labute approximate surface area is 193 Å². The van der Waals surface area contributed by atoms with E-state index in [1.807, 2.05) is 30.5 Å². The van der Waals surface area contributed by atoms with Gasteiger partial charge in [0.05, 0.1) is 17.2 Å². The van der Waals surface area contributed by atoms with E-state index >= 15 is 0 Å². The predicted molar refractivity (Wildman–Crippen MR) is 133 cm³/mol. The molecule has 0 unspecified atom stereocenters. The van der Waals surface area contributed by atoms with E-state index in [9.17, 15) is 0 Å². The Kier molecular flexibility index (Phi) is 5.60. The molecule has 0 saturated carbocycles. The fourth-order valence-corrected chi connectivity index (χ4v) is 4.06. The fourth-order valence-electron chi connectivity index (χ4n) is 4.06. The standard InChI is InChI=1S/C28H25N5/c1-19(2)28-32-26-18-31-25-12-9-21(5-6-22-4-3-15-30-17-22)16-24(25)27(26)33(28)23-10-7-20(8-11-23)13-14-29/h3-4,7-12,15-19H,13-14,29H2,1-2H3. The van der Waals surface area contributed by atoms with Gasteiger partial charge in [0.1, 0.15) is 11.3 Å². The van der Waals surface area contributed by atoms with Gasteiger partial charge >= 0.3 is 0 Å². The van der Waals surface area contributed by atoms with Gasteiger partial charge in [-0.2, -0.15) is 0 Å². The Morgan fingerprint density at radius 2 is 1.76 bits per heavy atom. The number of aromatic nitrogens is 4. The third kappa shape index (κ3) is 4.09. The number of fused-ring (bicyclic) bond motifs is 3. The van der Waals surface area contributed by atoms with E-state index in [4.69, 9.17) is 10.7 Å². The number of pyridine rings is 2. The largest absolute Gasteiger partial charge is 0.330 e. The lowest BCUT2D eigenvalue weighted by Gasteiger charge is -2.13. The molecule has 3 aromatic heterocycles. The maximum Gasteiger partial charge on any atom is 0.117 e. The van der Waals surface area contributed by atoms with Crippen LogP contribution in [-0.2, 0) is 6.42 Å². The number of imidazole rings is 1. The Balaban J connectivity index is 1.71. The summed E-state index contributed by atoms with van der Waals surface area (Å²) in [5.41, 5.74) is 12.7. The Morgan fingerprint density at radius 1 is 0.939 bits per heavy atom. The van der Waals surface area contributed by atoms with E-state index in [1.54, 1.807) is 12.4 Å². The third-order valence-corrected chi connectivity index (χ3v) is 5.66. The van der Waals surface area contributed by atoms with Gasteiger partial charge in [-0.1, -0.05) is 37.8 Å². The molecule has 2 N–H and O–H groups in total. The van der Waals surface area contributed by atoms with Crippen molar-refractivity contribution >= 4 is 21.9 Å². The molecule has 0 aliphatic rings. The zero-order valence-electron chi connectivity index (χ0n) is 18.8. The van der Waals surface area contributed by atoms with Crippen molar-refractivity contribution in [2.75, 3.05) is 6.54 Å².